The highest BCUT2D eigenvalue weighted by Crippen LogP contribution is 2.28. The number of sulfonamides is 1. The molecule has 1 N–H and O–H groups in total. The number of nitrogens with one attached hydrogen (secondary N) is 1. The third-order valence-corrected chi connectivity index (χ3v) is 7.19. The smallest absolute Gasteiger partial charge is 0.262 e. The Hall–Kier alpha value is -1.87. The van der Waals surface area contributed by atoms with Gasteiger partial charge in [-0.05, 0) is 43.2 Å². The van der Waals surface area contributed by atoms with E-state index in [2.05, 4.69) is 5.32 Å². The van der Waals surface area contributed by atoms with Crippen LogP contribution in [0.5, 0.6) is 5.75 Å². The summed E-state index contributed by atoms with van der Waals surface area (Å²) in [6, 6.07) is 7.93. The second kappa shape index (κ2) is 9.96. The van der Waals surface area contributed by atoms with Gasteiger partial charge in [0.25, 0.3) is 5.91 Å². The number of hydrogen-bond acceptors (Lipinski definition) is 4. The van der Waals surface area contributed by atoms with Crippen LogP contribution < -0.4 is 10.1 Å². The maximum atomic E-state index is 13.2. The molecule has 0 spiro atoms. The SMILES string of the molecule is O=C(COc1ccc(F)c(Cl)c1)Nc1cc(S(=O)(=O)N2CCCCCC2)ccc1Cl. The largest absolute Gasteiger partial charge is 0.484 e. The highest BCUT2D eigenvalue weighted by Gasteiger charge is 2.26. The Bertz CT molecular complexity index is 1030. The Morgan fingerprint density at radius 2 is 1.73 bits per heavy atom. The lowest BCUT2D eigenvalue weighted by Crippen LogP contribution is -2.32. The van der Waals surface area contributed by atoms with Crippen LogP contribution in [0.4, 0.5) is 10.1 Å². The van der Waals surface area contributed by atoms with Crippen LogP contribution in [0.1, 0.15) is 25.7 Å². The van der Waals surface area contributed by atoms with Gasteiger partial charge in [-0.1, -0.05) is 36.0 Å². The van der Waals surface area contributed by atoms with Crippen molar-refractivity contribution in [2.24, 2.45) is 0 Å². The highest BCUT2D eigenvalue weighted by atomic mass is 35.5. The normalized spacial score (nSPS) is 15.4. The monoisotopic (exact) mass is 474 g/mol. The molecule has 0 aromatic heterocycles. The molecular weight excluding hydrogens is 454 g/mol. The zero-order chi connectivity index (χ0) is 21.7. The number of hydrogen-bond donors (Lipinski definition) is 1. The molecule has 0 aliphatic carbocycles. The lowest BCUT2D eigenvalue weighted by Gasteiger charge is -2.20. The van der Waals surface area contributed by atoms with E-state index in [9.17, 15) is 17.6 Å². The molecule has 1 heterocycles. The zero-order valence-electron chi connectivity index (χ0n) is 16.0. The number of nitrogens with zero attached hydrogens (tertiary/aromatic N) is 1. The van der Waals surface area contributed by atoms with Gasteiger partial charge in [0.05, 0.1) is 20.6 Å². The lowest BCUT2D eigenvalue weighted by molar-refractivity contribution is -0.118. The van der Waals surface area contributed by atoms with Crippen molar-refractivity contribution >= 4 is 44.8 Å². The van der Waals surface area contributed by atoms with Crippen molar-refractivity contribution in [1.29, 1.82) is 0 Å². The van der Waals surface area contributed by atoms with Gasteiger partial charge in [0, 0.05) is 19.2 Å². The minimum Gasteiger partial charge on any atom is -0.484 e. The average molecular weight is 475 g/mol. The molecule has 2 aromatic rings. The van der Waals surface area contributed by atoms with E-state index >= 15 is 0 Å². The third kappa shape index (κ3) is 5.63. The van der Waals surface area contributed by atoms with E-state index in [0.717, 1.165) is 31.7 Å². The zero-order valence-corrected chi connectivity index (χ0v) is 18.4. The van der Waals surface area contributed by atoms with Crippen molar-refractivity contribution in [1.82, 2.24) is 4.31 Å². The molecule has 1 aliphatic heterocycles. The minimum atomic E-state index is -3.68. The number of carbonyl (C=O) groups is 1. The van der Waals surface area contributed by atoms with Gasteiger partial charge in [0.2, 0.25) is 10.0 Å². The molecule has 1 amide bonds. The Kier molecular flexibility index (Phi) is 7.57. The molecule has 162 valence electrons. The van der Waals surface area contributed by atoms with E-state index in [4.69, 9.17) is 27.9 Å². The van der Waals surface area contributed by atoms with Crippen molar-refractivity contribution in [2.75, 3.05) is 25.0 Å². The number of carbonyl (C=O) groups excluding carboxylic acids is 1. The molecule has 30 heavy (non-hydrogen) atoms. The van der Waals surface area contributed by atoms with Crippen LogP contribution in [-0.4, -0.2) is 38.3 Å². The molecule has 10 heteroatoms. The van der Waals surface area contributed by atoms with Crippen molar-refractivity contribution < 1.29 is 22.3 Å². The second-order valence-electron chi connectivity index (χ2n) is 6.87. The van der Waals surface area contributed by atoms with Crippen LogP contribution in [0.2, 0.25) is 10.0 Å². The van der Waals surface area contributed by atoms with Crippen molar-refractivity contribution in [2.45, 2.75) is 30.6 Å². The van der Waals surface area contributed by atoms with E-state index in [-0.39, 0.29) is 33.0 Å². The first-order valence-corrected chi connectivity index (χ1v) is 11.6. The van der Waals surface area contributed by atoms with Gasteiger partial charge in [0.15, 0.2) is 6.61 Å². The molecule has 0 atom stereocenters. The Morgan fingerprint density at radius 1 is 1.03 bits per heavy atom. The van der Waals surface area contributed by atoms with Crippen LogP contribution in [-0.2, 0) is 14.8 Å². The van der Waals surface area contributed by atoms with E-state index in [1.807, 2.05) is 0 Å². The summed E-state index contributed by atoms with van der Waals surface area (Å²) in [6.45, 7) is 0.558. The van der Waals surface area contributed by atoms with Gasteiger partial charge < -0.3 is 10.1 Å². The first-order valence-electron chi connectivity index (χ1n) is 9.45. The first kappa shape index (κ1) is 22.8. The van der Waals surface area contributed by atoms with Crippen LogP contribution in [0.25, 0.3) is 0 Å². The van der Waals surface area contributed by atoms with Gasteiger partial charge in [-0.25, -0.2) is 12.8 Å². The molecule has 0 saturated carbocycles. The van der Waals surface area contributed by atoms with Gasteiger partial charge in [0.1, 0.15) is 11.6 Å². The van der Waals surface area contributed by atoms with Crippen molar-refractivity contribution in [3.05, 3.63) is 52.3 Å². The fourth-order valence-corrected chi connectivity index (χ4v) is 4.97. The fraction of sp³-hybridized carbons (Fsp3) is 0.350. The summed E-state index contributed by atoms with van der Waals surface area (Å²) in [5.74, 6) is -0.926. The standard InChI is InChI=1S/C20H21Cl2FN2O4S/c21-16-7-6-15(30(27,28)25-9-3-1-2-4-10-25)12-19(16)24-20(26)13-29-14-5-8-18(23)17(22)11-14/h5-8,11-12H,1-4,9-10,13H2,(H,24,26). The summed E-state index contributed by atoms with van der Waals surface area (Å²) in [5, 5.41) is 2.62. The number of anilines is 1. The Balaban J connectivity index is 1.69. The Labute approximate surface area is 185 Å². The maximum absolute atomic E-state index is 13.2. The molecule has 0 radical (unpaired) electrons. The number of amides is 1. The van der Waals surface area contributed by atoms with E-state index in [1.165, 1.54) is 34.6 Å². The fourth-order valence-electron chi connectivity index (χ4n) is 3.09. The summed E-state index contributed by atoms with van der Waals surface area (Å²) in [6.07, 6.45) is 3.66. The molecule has 1 aliphatic rings. The molecule has 6 nitrogen and oxygen atoms in total. The number of benzene rings is 2. The Morgan fingerprint density at radius 3 is 2.40 bits per heavy atom. The van der Waals surface area contributed by atoms with Gasteiger partial charge in [-0.3, -0.25) is 4.79 Å². The van der Waals surface area contributed by atoms with Crippen LogP contribution in [0, 0.1) is 5.82 Å². The van der Waals surface area contributed by atoms with Crippen LogP contribution >= 0.6 is 23.2 Å². The summed E-state index contributed by atoms with van der Waals surface area (Å²) < 4.78 is 45.9. The second-order valence-corrected chi connectivity index (χ2v) is 9.63. The van der Waals surface area contributed by atoms with E-state index in [0.29, 0.717) is 13.1 Å². The van der Waals surface area contributed by atoms with Gasteiger partial charge >= 0.3 is 0 Å². The topological polar surface area (TPSA) is 75.7 Å². The quantitative estimate of drug-likeness (QED) is 0.657. The van der Waals surface area contributed by atoms with E-state index < -0.39 is 21.7 Å². The predicted octanol–water partition coefficient (Wildman–Crippen LogP) is 4.71. The van der Waals surface area contributed by atoms with E-state index in [1.54, 1.807) is 0 Å². The lowest BCUT2D eigenvalue weighted by atomic mass is 10.2. The molecule has 2 aromatic carbocycles. The summed E-state index contributed by atoms with van der Waals surface area (Å²) in [4.78, 5) is 12.3. The molecule has 1 fully saturated rings. The molecule has 3 rings (SSSR count). The maximum Gasteiger partial charge on any atom is 0.262 e. The third-order valence-electron chi connectivity index (χ3n) is 4.68. The molecular formula is C20H21Cl2FN2O4S. The van der Waals surface area contributed by atoms with Gasteiger partial charge in [-0.2, -0.15) is 4.31 Å². The van der Waals surface area contributed by atoms with Crippen LogP contribution in [0.3, 0.4) is 0 Å². The van der Waals surface area contributed by atoms with Crippen molar-refractivity contribution in [3.8, 4) is 5.75 Å². The summed E-state index contributed by atoms with van der Waals surface area (Å²) >= 11 is 11.8. The van der Waals surface area contributed by atoms with Gasteiger partial charge in [-0.15, -0.1) is 0 Å². The number of halogens is 3. The predicted molar refractivity (Wildman–Crippen MR) is 114 cm³/mol. The molecule has 0 unspecified atom stereocenters. The number of rotatable bonds is 6. The highest BCUT2D eigenvalue weighted by molar-refractivity contribution is 7.89. The van der Waals surface area contributed by atoms with Crippen LogP contribution in [0.15, 0.2) is 41.3 Å². The average Bonchev–Trinajstić information content (AvgIpc) is 3.00. The first-order chi connectivity index (χ1) is 14.3. The molecule has 1 saturated heterocycles. The summed E-state index contributed by atoms with van der Waals surface area (Å²) in [7, 11) is -3.68. The van der Waals surface area contributed by atoms with Crippen molar-refractivity contribution in [3.63, 3.8) is 0 Å². The molecule has 0 bridgehead atoms. The minimum absolute atomic E-state index is 0.0651. The number of ether oxygens (including phenoxy) is 1. The summed E-state index contributed by atoms with van der Waals surface area (Å²) in [5.41, 5.74) is 0.165.